The van der Waals surface area contributed by atoms with Crippen molar-refractivity contribution in [2.45, 2.75) is 51.6 Å². The summed E-state index contributed by atoms with van der Waals surface area (Å²) in [7, 11) is 2.18. The number of imide groups is 1. The lowest BCUT2D eigenvalue weighted by Crippen LogP contribution is -2.41. The van der Waals surface area contributed by atoms with Crippen molar-refractivity contribution in [3.8, 4) is 0 Å². The number of hydrogen-bond donors (Lipinski definition) is 3. The minimum Gasteiger partial charge on any atom is -0.376 e. The summed E-state index contributed by atoms with van der Waals surface area (Å²) in [5.74, 6) is -0.346. The molecule has 0 spiro atoms. The molecule has 0 heterocycles. The maximum Gasteiger partial charge on any atom is 0.321 e. The van der Waals surface area contributed by atoms with E-state index in [2.05, 4.69) is 34.0 Å². The van der Waals surface area contributed by atoms with Crippen LogP contribution in [-0.4, -0.2) is 43.0 Å². The molecular weight excluding hydrogens is 316 g/mol. The average molecular weight is 346 g/mol. The highest BCUT2D eigenvalue weighted by Crippen LogP contribution is 2.24. The molecule has 1 aromatic carbocycles. The van der Waals surface area contributed by atoms with Gasteiger partial charge in [0, 0.05) is 24.8 Å². The second-order valence-electron chi connectivity index (χ2n) is 6.63. The second kappa shape index (κ2) is 10.0. The maximum absolute atomic E-state index is 11.8. The van der Waals surface area contributed by atoms with E-state index in [9.17, 15) is 9.59 Å². The van der Waals surface area contributed by atoms with E-state index in [-0.39, 0.29) is 12.5 Å². The van der Waals surface area contributed by atoms with E-state index in [0.29, 0.717) is 12.6 Å². The zero-order valence-electron chi connectivity index (χ0n) is 15.3. The Morgan fingerprint density at radius 3 is 2.60 bits per heavy atom. The molecule has 1 aliphatic carbocycles. The van der Waals surface area contributed by atoms with E-state index in [1.54, 1.807) is 6.92 Å². The van der Waals surface area contributed by atoms with Gasteiger partial charge >= 0.3 is 6.03 Å². The molecule has 1 saturated carbocycles. The molecule has 0 saturated heterocycles. The summed E-state index contributed by atoms with van der Waals surface area (Å²) in [5, 5.41) is 7.99. The van der Waals surface area contributed by atoms with Crippen molar-refractivity contribution in [2.75, 3.05) is 25.5 Å². The van der Waals surface area contributed by atoms with Gasteiger partial charge in [-0.05, 0) is 38.4 Å². The lowest BCUT2D eigenvalue weighted by Gasteiger charge is -2.31. The van der Waals surface area contributed by atoms with E-state index >= 15 is 0 Å². The molecule has 0 unspecified atom stereocenters. The van der Waals surface area contributed by atoms with Crippen LogP contribution >= 0.6 is 0 Å². The van der Waals surface area contributed by atoms with Gasteiger partial charge in [-0.15, -0.1) is 0 Å². The first-order valence-corrected chi connectivity index (χ1v) is 9.20. The Kier molecular flexibility index (Phi) is 7.73. The van der Waals surface area contributed by atoms with E-state index in [1.165, 1.54) is 37.7 Å². The molecule has 0 bridgehead atoms. The van der Waals surface area contributed by atoms with Crippen LogP contribution in [0.15, 0.2) is 24.3 Å². The molecule has 3 amide bonds. The summed E-state index contributed by atoms with van der Waals surface area (Å²) >= 11 is 0. The summed E-state index contributed by atoms with van der Waals surface area (Å²) in [6, 6.07) is 8.22. The predicted molar refractivity (Wildman–Crippen MR) is 100 cm³/mol. The van der Waals surface area contributed by atoms with Gasteiger partial charge < -0.3 is 10.6 Å². The number of urea groups is 1. The van der Waals surface area contributed by atoms with Crippen molar-refractivity contribution < 1.29 is 9.59 Å². The van der Waals surface area contributed by atoms with Crippen molar-refractivity contribution >= 4 is 17.6 Å². The van der Waals surface area contributed by atoms with Crippen LogP contribution in [0.4, 0.5) is 10.5 Å². The number of para-hydroxylation sites is 1. The first-order valence-electron chi connectivity index (χ1n) is 9.20. The highest BCUT2D eigenvalue weighted by Gasteiger charge is 2.18. The van der Waals surface area contributed by atoms with Crippen molar-refractivity contribution in [3.63, 3.8) is 0 Å². The fourth-order valence-electron chi connectivity index (χ4n) is 3.30. The number of benzene rings is 1. The molecule has 0 aliphatic heterocycles. The Bertz CT molecular complexity index is 570. The zero-order chi connectivity index (χ0) is 18.1. The fraction of sp³-hybridized carbons (Fsp3) is 0.579. The normalized spacial score (nSPS) is 15.0. The standard InChI is InChI=1S/C19H30N4O2/c1-3-20-19(25)22-18(24)13-21-17-12-8-7-9-15(17)14-23(2)16-10-5-4-6-11-16/h7-9,12,16,21H,3-6,10-11,13-14H2,1-2H3,(H2,20,22,24,25). The van der Waals surface area contributed by atoms with Crippen LogP contribution in [0, 0.1) is 0 Å². The van der Waals surface area contributed by atoms with Gasteiger partial charge in [0.2, 0.25) is 5.91 Å². The van der Waals surface area contributed by atoms with Gasteiger partial charge in [-0.2, -0.15) is 0 Å². The lowest BCUT2D eigenvalue weighted by atomic mass is 9.94. The van der Waals surface area contributed by atoms with Gasteiger partial charge in [-0.25, -0.2) is 4.79 Å². The number of nitrogens with zero attached hydrogens (tertiary/aromatic N) is 1. The Balaban J connectivity index is 1.89. The third-order valence-corrected chi connectivity index (χ3v) is 4.66. The molecule has 138 valence electrons. The van der Waals surface area contributed by atoms with E-state index in [0.717, 1.165) is 12.2 Å². The molecule has 0 aromatic heterocycles. The number of rotatable bonds is 7. The fourth-order valence-corrected chi connectivity index (χ4v) is 3.30. The Labute approximate surface area is 150 Å². The molecule has 25 heavy (non-hydrogen) atoms. The Hall–Kier alpha value is -2.08. The monoisotopic (exact) mass is 346 g/mol. The maximum atomic E-state index is 11.8. The molecule has 0 radical (unpaired) electrons. The van der Waals surface area contributed by atoms with Crippen molar-refractivity contribution in [3.05, 3.63) is 29.8 Å². The summed E-state index contributed by atoms with van der Waals surface area (Å²) in [5.41, 5.74) is 2.11. The van der Waals surface area contributed by atoms with Gasteiger partial charge in [-0.1, -0.05) is 37.5 Å². The van der Waals surface area contributed by atoms with Crippen LogP contribution < -0.4 is 16.0 Å². The van der Waals surface area contributed by atoms with Gasteiger partial charge in [0.1, 0.15) is 0 Å². The minimum absolute atomic E-state index is 0.0707. The molecule has 1 aromatic rings. The third kappa shape index (κ3) is 6.38. The lowest BCUT2D eigenvalue weighted by molar-refractivity contribution is -0.118. The summed E-state index contributed by atoms with van der Waals surface area (Å²) in [6.45, 7) is 3.22. The Morgan fingerprint density at radius 1 is 1.16 bits per heavy atom. The van der Waals surface area contributed by atoms with Crippen molar-refractivity contribution in [2.24, 2.45) is 0 Å². The molecule has 0 atom stereocenters. The van der Waals surface area contributed by atoms with Crippen LogP contribution in [0.25, 0.3) is 0 Å². The average Bonchev–Trinajstić information content (AvgIpc) is 2.62. The van der Waals surface area contributed by atoms with Gasteiger partial charge in [0.25, 0.3) is 0 Å². The van der Waals surface area contributed by atoms with Crippen LogP contribution in [0.1, 0.15) is 44.6 Å². The topological polar surface area (TPSA) is 73.5 Å². The van der Waals surface area contributed by atoms with E-state index in [1.807, 2.05) is 18.2 Å². The van der Waals surface area contributed by atoms with Crippen LogP contribution in [0.2, 0.25) is 0 Å². The zero-order valence-corrected chi connectivity index (χ0v) is 15.3. The molecule has 1 fully saturated rings. The molecule has 3 N–H and O–H groups in total. The number of carbonyl (C=O) groups excluding carboxylic acids is 2. The highest BCUT2D eigenvalue weighted by atomic mass is 16.2. The summed E-state index contributed by atoms with van der Waals surface area (Å²) in [4.78, 5) is 25.6. The first-order chi connectivity index (χ1) is 12.1. The third-order valence-electron chi connectivity index (χ3n) is 4.66. The number of amides is 3. The molecule has 6 heteroatoms. The van der Waals surface area contributed by atoms with Gasteiger partial charge in [-0.3, -0.25) is 15.0 Å². The summed E-state index contributed by atoms with van der Waals surface area (Å²) < 4.78 is 0. The van der Waals surface area contributed by atoms with E-state index in [4.69, 9.17) is 0 Å². The molecular formula is C19H30N4O2. The van der Waals surface area contributed by atoms with Crippen molar-refractivity contribution in [1.82, 2.24) is 15.5 Å². The number of anilines is 1. The minimum atomic E-state index is -0.459. The number of nitrogens with one attached hydrogen (secondary N) is 3. The van der Waals surface area contributed by atoms with Crippen molar-refractivity contribution in [1.29, 1.82) is 0 Å². The first kappa shape index (κ1) is 19.2. The largest absolute Gasteiger partial charge is 0.376 e. The molecule has 1 aliphatic rings. The second-order valence-corrected chi connectivity index (χ2v) is 6.63. The molecule has 6 nitrogen and oxygen atoms in total. The predicted octanol–water partition coefficient (Wildman–Crippen LogP) is 2.71. The van der Waals surface area contributed by atoms with Crippen LogP contribution in [-0.2, 0) is 11.3 Å². The van der Waals surface area contributed by atoms with Gasteiger partial charge in [0.05, 0.1) is 6.54 Å². The van der Waals surface area contributed by atoms with E-state index < -0.39 is 6.03 Å². The smallest absolute Gasteiger partial charge is 0.321 e. The SMILES string of the molecule is CCNC(=O)NC(=O)CNc1ccccc1CN(C)C1CCCCC1. The highest BCUT2D eigenvalue weighted by molar-refractivity contribution is 5.96. The molecule has 2 rings (SSSR count). The number of carbonyl (C=O) groups is 2. The Morgan fingerprint density at radius 2 is 1.88 bits per heavy atom. The quantitative estimate of drug-likeness (QED) is 0.710. The van der Waals surface area contributed by atoms with Crippen LogP contribution in [0.5, 0.6) is 0 Å². The number of hydrogen-bond acceptors (Lipinski definition) is 4. The summed E-state index contributed by atoms with van der Waals surface area (Å²) in [6.07, 6.45) is 6.51. The van der Waals surface area contributed by atoms with Gasteiger partial charge in [0.15, 0.2) is 0 Å². The van der Waals surface area contributed by atoms with Crippen LogP contribution in [0.3, 0.4) is 0 Å².